The lowest BCUT2D eigenvalue weighted by Gasteiger charge is -2.18. The lowest BCUT2D eigenvalue weighted by Crippen LogP contribution is -2.09. The second-order valence-corrected chi connectivity index (χ2v) is 5.09. The molecule has 0 saturated carbocycles. The topological polar surface area (TPSA) is 55.7 Å². The minimum absolute atomic E-state index is 0.0155. The first-order valence-corrected chi connectivity index (χ1v) is 6.52. The maximum Gasteiger partial charge on any atom is 0.119 e. The van der Waals surface area contributed by atoms with Gasteiger partial charge in [0.2, 0.25) is 0 Å². The van der Waals surface area contributed by atoms with Gasteiger partial charge < -0.3 is 20.4 Å². The summed E-state index contributed by atoms with van der Waals surface area (Å²) in [5, 5.41) is 22.4. The van der Waals surface area contributed by atoms with Crippen molar-refractivity contribution < 1.29 is 10.2 Å². The predicted octanol–water partition coefficient (Wildman–Crippen LogP) is 3.34. The van der Waals surface area contributed by atoms with Crippen molar-refractivity contribution in [3.05, 3.63) is 48.0 Å². The molecule has 2 aromatic carbocycles. The van der Waals surface area contributed by atoms with E-state index in [-0.39, 0.29) is 17.5 Å². The fraction of sp³-hybridized carbons (Fsp3) is 0.250. The van der Waals surface area contributed by atoms with Crippen molar-refractivity contribution in [3.63, 3.8) is 0 Å². The Kier molecular flexibility index (Phi) is 4.03. The molecule has 4 nitrogen and oxygen atoms in total. The third-order valence-corrected chi connectivity index (χ3v) is 3.19. The zero-order valence-electron chi connectivity index (χ0n) is 12.0. The number of aromatic hydroxyl groups is 2. The second-order valence-electron chi connectivity index (χ2n) is 5.09. The number of phenolic OH excluding ortho intramolecular Hbond substituents is 2. The lowest BCUT2D eigenvalue weighted by molar-refractivity contribution is 0.448. The van der Waals surface area contributed by atoms with Gasteiger partial charge in [0.1, 0.15) is 11.5 Å². The summed E-state index contributed by atoms with van der Waals surface area (Å²) in [6, 6.07) is 12.7. The molecule has 0 aliphatic heterocycles. The zero-order valence-corrected chi connectivity index (χ0v) is 12.0. The Balaban J connectivity index is 2.12. The number of hydrogen-bond acceptors (Lipinski definition) is 4. The molecule has 1 atom stereocenters. The number of benzene rings is 2. The first-order valence-electron chi connectivity index (χ1n) is 6.52. The standard InChI is InChI=1S/C16H20N2O2/c1-11(12-8-15(19)10-16(20)9-12)17-13-4-6-14(7-5-13)18(2)3/h4-11,17,19-20H,1-3H3. The van der Waals surface area contributed by atoms with Gasteiger partial charge in [-0.25, -0.2) is 0 Å². The van der Waals surface area contributed by atoms with Crippen molar-refractivity contribution in [1.29, 1.82) is 0 Å². The molecular formula is C16H20N2O2. The van der Waals surface area contributed by atoms with E-state index in [1.54, 1.807) is 12.1 Å². The molecule has 0 heterocycles. The summed E-state index contributed by atoms with van der Waals surface area (Å²) in [7, 11) is 4.00. The third kappa shape index (κ3) is 3.35. The Morgan fingerprint density at radius 2 is 1.50 bits per heavy atom. The second kappa shape index (κ2) is 5.74. The number of anilines is 2. The molecule has 0 aromatic heterocycles. The zero-order chi connectivity index (χ0) is 14.7. The molecule has 0 spiro atoms. The molecule has 0 aliphatic carbocycles. The van der Waals surface area contributed by atoms with Gasteiger partial charge in [-0.05, 0) is 48.9 Å². The van der Waals surface area contributed by atoms with Crippen molar-refractivity contribution in [2.75, 3.05) is 24.3 Å². The molecule has 3 N–H and O–H groups in total. The first-order chi connectivity index (χ1) is 9.45. The molecule has 1 unspecified atom stereocenters. The van der Waals surface area contributed by atoms with Crippen LogP contribution in [0.1, 0.15) is 18.5 Å². The maximum absolute atomic E-state index is 9.51. The Bertz CT molecular complexity index is 559. The van der Waals surface area contributed by atoms with Crippen LogP contribution in [0.15, 0.2) is 42.5 Å². The van der Waals surface area contributed by atoms with Gasteiger partial charge in [-0.15, -0.1) is 0 Å². The van der Waals surface area contributed by atoms with Gasteiger partial charge in [-0.1, -0.05) is 0 Å². The lowest BCUT2D eigenvalue weighted by atomic mass is 10.1. The maximum atomic E-state index is 9.51. The Hall–Kier alpha value is -2.36. The van der Waals surface area contributed by atoms with Crippen LogP contribution in [-0.2, 0) is 0 Å². The summed E-state index contributed by atoms with van der Waals surface area (Å²) in [5.74, 6) is 0.133. The minimum atomic E-state index is -0.0155. The number of nitrogens with one attached hydrogen (secondary N) is 1. The van der Waals surface area contributed by atoms with Crippen molar-refractivity contribution in [1.82, 2.24) is 0 Å². The van der Waals surface area contributed by atoms with Crippen molar-refractivity contribution >= 4 is 11.4 Å². The first kappa shape index (κ1) is 14.1. The number of phenols is 2. The average molecular weight is 272 g/mol. The Morgan fingerprint density at radius 3 is 2.00 bits per heavy atom. The fourth-order valence-corrected chi connectivity index (χ4v) is 2.06. The molecular weight excluding hydrogens is 252 g/mol. The molecule has 2 rings (SSSR count). The largest absolute Gasteiger partial charge is 0.508 e. The van der Waals surface area contributed by atoms with Crippen molar-refractivity contribution in [3.8, 4) is 11.5 Å². The van der Waals surface area contributed by atoms with Crippen LogP contribution in [0.3, 0.4) is 0 Å². The highest BCUT2D eigenvalue weighted by Gasteiger charge is 2.08. The van der Waals surface area contributed by atoms with Crippen LogP contribution < -0.4 is 10.2 Å². The van der Waals surface area contributed by atoms with Crippen LogP contribution in [-0.4, -0.2) is 24.3 Å². The number of nitrogens with zero attached hydrogens (tertiary/aromatic N) is 1. The fourth-order valence-electron chi connectivity index (χ4n) is 2.06. The molecule has 2 aromatic rings. The monoisotopic (exact) mass is 272 g/mol. The number of hydrogen-bond donors (Lipinski definition) is 3. The molecule has 0 aliphatic rings. The SMILES string of the molecule is CC(Nc1ccc(N(C)C)cc1)c1cc(O)cc(O)c1. The van der Waals surface area contributed by atoms with E-state index in [1.807, 2.05) is 50.2 Å². The predicted molar refractivity (Wildman–Crippen MR) is 82.6 cm³/mol. The minimum Gasteiger partial charge on any atom is -0.508 e. The van der Waals surface area contributed by atoms with Crippen LogP contribution in [0.25, 0.3) is 0 Å². The summed E-state index contributed by atoms with van der Waals surface area (Å²) in [6.07, 6.45) is 0. The Labute approximate surface area is 119 Å². The summed E-state index contributed by atoms with van der Waals surface area (Å²) >= 11 is 0. The van der Waals surface area contributed by atoms with Crippen molar-refractivity contribution in [2.45, 2.75) is 13.0 Å². The van der Waals surface area contributed by atoms with E-state index >= 15 is 0 Å². The van der Waals surface area contributed by atoms with E-state index < -0.39 is 0 Å². The van der Waals surface area contributed by atoms with Gasteiger partial charge in [-0.3, -0.25) is 0 Å². The normalized spacial score (nSPS) is 11.9. The third-order valence-electron chi connectivity index (χ3n) is 3.19. The van der Waals surface area contributed by atoms with Gasteiger partial charge in [-0.2, -0.15) is 0 Å². The van der Waals surface area contributed by atoms with Crippen LogP contribution in [0.5, 0.6) is 11.5 Å². The van der Waals surface area contributed by atoms with Crippen LogP contribution >= 0.6 is 0 Å². The molecule has 0 saturated heterocycles. The molecule has 0 fully saturated rings. The van der Waals surface area contributed by atoms with Crippen molar-refractivity contribution in [2.24, 2.45) is 0 Å². The average Bonchev–Trinajstić information content (AvgIpc) is 2.38. The highest BCUT2D eigenvalue weighted by molar-refractivity contribution is 5.55. The molecule has 0 amide bonds. The van der Waals surface area contributed by atoms with Crippen LogP contribution in [0.4, 0.5) is 11.4 Å². The van der Waals surface area contributed by atoms with Gasteiger partial charge in [0.25, 0.3) is 0 Å². The van der Waals surface area contributed by atoms with E-state index in [9.17, 15) is 10.2 Å². The molecule has 0 bridgehead atoms. The number of rotatable bonds is 4. The smallest absolute Gasteiger partial charge is 0.119 e. The van der Waals surface area contributed by atoms with Crippen LogP contribution in [0.2, 0.25) is 0 Å². The molecule has 106 valence electrons. The van der Waals surface area contributed by atoms with E-state index in [0.717, 1.165) is 16.9 Å². The summed E-state index contributed by atoms with van der Waals surface area (Å²) < 4.78 is 0. The van der Waals surface area contributed by atoms with E-state index in [0.29, 0.717) is 0 Å². The molecule has 20 heavy (non-hydrogen) atoms. The van der Waals surface area contributed by atoms with E-state index in [2.05, 4.69) is 5.32 Å². The summed E-state index contributed by atoms with van der Waals surface area (Å²) in [6.45, 7) is 1.98. The highest BCUT2D eigenvalue weighted by Crippen LogP contribution is 2.27. The molecule has 4 heteroatoms. The van der Waals surface area contributed by atoms with E-state index in [4.69, 9.17) is 0 Å². The highest BCUT2D eigenvalue weighted by atomic mass is 16.3. The van der Waals surface area contributed by atoms with E-state index in [1.165, 1.54) is 6.07 Å². The summed E-state index contributed by atoms with van der Waals surface area (Å²) in [4.78, 5) is 2.04. The summed E-state index contributed by atoms with van der Waals surface area (Å²) in [5.41, 5.74) is 2.96. The van der Waals surface area contributed by atoms with Gasteiger partial charge in [0.15, 0.2) is 0 Å². The quantitative estimate of drug-likeness (QED) is 0.799. The molecule has 0 radical (unpaired) electrons. The van der Waals surface area contributed by atoms with Crippen LogP contribution in [0, 0.1) is 0 Å². The Morgan fingerprint density at radius 1 is 0.950 bits per heavy atom. The van der Waals surface area contributed by atoms with Gasteiger partial charge in [0, 0.05) is 37.6 Å². The van der Waals surface area contributed by atoms with Gasteiger partial charge in [0.05, 0.1) is 0 Å². The van der Waals surface area contributed by atoms with Gasteiger partial charge >= 0.3 is 0 Å².